The average Bonchev–Trinajstić information content (AvgIpc) is 3.30. The van der Waals surface area contributed by atoms with E-state index in [2.05, 4.69) is 32.0 Å². The van der Waals surface area contributed by atoms with E-state index >= 15 is 0 Å². The summed E-state index contributed by atoms with van der Waals surface area (Å²) in [5.74, 6) is 2.22. The van der Waals surface area contributed by atoms with Crippen LogP contribution in [0.15, 0.2) is 55.0 Å². The van der Waals surface area contributed by atoms with Crippen LogP contribution in [0, 0.1) is 0 Å². The molecule has 11 heteroatoms. The van der Waals surface area contributed by atoms with Crippen LogP contribution in [0.3, 0.4) is 0 Å². The lowest BCUT2D eigenvalue weighted by molar-refractivity contribution is -0.137. The Morgan fingerprint density at radius 2 is 1.67 bits per heavy atom. The number of aromatic nitrogens is 5. The van der Waals surface area contributed by atoms with E-state index in [0.29, 0.717) is 29.5 Å². The van der Waals surface area contributed by atoms with Crippen molar-refractivity contribution in [3.8, 4) is 0 Å². The number of nitrogens with zero attached hydrogens (tertiary/aromatic N) is 7. The summed E-state index contributed by atoms with van der Waals surface area (Å²) in [7, 11) is 0. The van der Waals surface area contributed by atoms with Crippen molar-refractivity contribution < 1.29 is 13.2 Å². The Labute approximate surface area is 206 Å². The molecule has 4 heterocycles. The molecule has 36 heavy (non-hydrogen) atoms. The standard InChI is InChI=1S/C25H27F3N8/c1-2-10-30-22-21-23(36(17-31-21)16-18-6-8-19(9-7-18)25(26,27)28)33-24(32-22)35-14-12-34(13-15-35)20-5-3-4-11-29-20/h3-9,11,17H,2,10,12-16H2,1H3,(H,30,32,33). The van der Waals surface area contributed by atoms with Gasteiger partial charge in [-0.05, 0) is 36.2 Å². The zero-order chi connectivity index (χ0) is 25.1. The molecule has 0 aliphatic carbocycles. The number of nitrogens with one attached hydrogen (secondary N) is 1. The molecule has 0 bridgehead atoms. The summed E-state index contributed by atoms with van der Waals surface area (Å²) < 4.78 is 40.7. The SMILES string of the molecule is CCCNc1nc(N2CCN(c3ccccn3)CC2)nc2c1ncn2Cc1ccc(C(F)(F)F)cc1. The minimum absolute atomic E-state index is 0.353. The Kier molecular flexibility index (Phi) is 6.62. The molecule has 1 fully saturated rings. The number of hydrogen-bond acceptors (Lipinski definition) is 7. The van der Waals surface area contributed by atoms with Gasteiger partial charge in [0.2, 0.25) is 5.95 Å². The second-order valence-electron chi connectivity index (χ2n) is 8.70. The Morgan fingerprint density at radius 1 is 0.917 bits per heavy atom. The number of piperazine rings is 1. The molecule has 1 N–H and O–H groups in total. The predicted molar refractivity (Wildman–Crippen MR) is 133 cm³/mol. The first-order valence-electron chi connectivity index (χ1n) is 12.0. The van der Waals surface area contributed by atoms with Crippen LogP contribution in [0.25, 0.3) is 11.2 Å². The molecule has 8 nitrogen and oxygen atoms in total. The molecule has 0 spiro atoms. The number of alkyl halides is 3. The van der Waals surface area contributed by atoms with E-state index in [1.54, 1.807) is 12.5 Å². The Bertz CT molecular complexity index is 1300. The molecule has 0 unspecified atom stereocenters. The number of benzene rings is 1. The number of pyridine rings is 1. The van der Waals surface area contributed by atoms with Gasteiger partial charge in [-0.2, -0.15) is 23.1 Å². The van der Waals surface area contributed by atoms with Crippen molar-refractivity contribution in [2.75, 3.05) is 47.8 Å². The van der Waals surface area contributed by atoms with Crippen molar-refractivity contribution >= 4 is 28.7 Å². The molecule has 0 amide bonds. The van der Waals surface area contributed by atoms with E-state index in [1.807, 2.05) is 22.8 Å². The molecular weight excluding hydrogens is 469 g/mol. The largest absolute Gasteiger partial charge is 0.416 e. The highest BCUT2D eigenvalue weighted by molar-refractivity contribution is 5.84. The Balaban J connectivity index is 1.41. The van der Waals surface area contributed by atoms with Gasteiger partial charge in [-0.3, -0.25) is 0 Å². The summed E-state index contributed by atoms with van der Waals surface area (Å²) in [5, 5.41) is 3.35. The van der Waals surface area contributed by atoms with Crippen molar-refractivity contribution in [3.05, 3.63) is 66.1 Å². The third-order valence-corrected chi connectivity index (χ3v) is 6.16. The Morgan fingerprint density at radius 3 is 2.33 bits per heavy atom. The first kappa shape index (κ1) is 23.8. The second-order valence-corrected chi connectivity index (χ2v) is 8.70. The highest BCUT2D eigenvalue weighted by Gasteiger charge is 2.30. The van der Waals surface area contributed by atoms with Gasteiger partial charge in [0.05, 0.1) is 18.4 Å². The monoisotopic (exact) mass is 496 g/mol. The normalized spacial score (nSPS) is 14.4. The molecule has 0 radical (unpaired) electrons. The quantitative estimate of drug-likeness (QED) is 0.406. The minimum Gasteiger partial charge on any atom is -0.368 e. The van der Waals surface area contributed by atoms with Crippen LogP contribution in [0.4, 0.5) is 30.8 Å². The highest BCUT2D eigenvalue weighted by Crippen LogP contribution is 2.30. The summed E-state index contributed by atoms with van der Waals surface area (Å²) >= 11 is 0. The van der Waals surface area contributed by atoms with Crippen LogP contribution < -0.4 is 15.1 Å². The average molecular weight is 497 g/mol. The Hall–Kier alpha value is -3.89. The van der Waals surface area contributed by atoms with E-state index in [1.165, 1.54) is 12.1 Å². The number of hydrogen-bond donors (Lipinski definition) is 1. The van der Waals surface area contributed by atoms with E-state index in [0.717, 1.165) is 62.7 Å². The minimum atomic E-state index is -4.36. The van der Waals surface area contributed by atoms with Crippen molar-refractivity contribution in [3.63, 3.8) is 0 Å². The summed E-state index contributed by atoms with van der Waals surface area (Å²) in [6.07, 6.45) is 0.0256. The summed E-state index contributed by atoms with van der Waals surface area (Å²) in [6.45, 7) is 6.23. The summed E-state index contributed by atoms with van der Waals surface area (Å²) in [5.41, 5.74) is 1.36. The fourth-order valence-corrected chi connectivity index (χ4v) is 4.23. The molecule has 1 saturated heterocycles. The van der Waals surface area contributed by atoms with Crippen LogP contribution in [-0.2, 0) is 12.7 Å². The molecular formula is C25H27F3N8. The first-order valence-corrected chi connectivity index (χ1v) is 12.0. The van der Waals surface area contributed by atoms with Crippen LogP contribution in [0.2, 0.25) is 0 Å². The van der Waals surface area contributed by atoms with Crippen LogP contribution in [0.1, 0.15) is 24.5 Å². The zero-order valence-corrected chi connectivity index (χ0v) is 19.9. The fourth-order valence-electron chi connectivity index (χ4n) is 4.23. The van der Waals surface area contributed by atoms with Crippen molar-refractivity contribution in [2.45, 2.75) is 26.1 Å². The molecule has 4 aromatic rings. The maximum atomic E-state index is 12.9. The van der Waals surface area contributed by atoms with Crippen molar-refractivity contribution in [1.82, 2.24) is 24.5 Å². The smallest absolute Gasteiger partial charge is 0.368 e. The third kappa shape index (κ3) is 5.05. The van der Waals surface area contributed by atoms with Gasteiger partial charge in [0, 0.05) is 38.9 Å². The number of imidazole rings is 1. The van der Waals surface area contributed by atoms with Gasteiger partial charge in [-0.15, -0.1) is 0 Å². The van der Waals surface area contributed by atoms with Crippen molar-refractivity contribution in [1.29, 1.82) is 0 Å². The molecule has 0 atom stereocenters. The van der Waals surface area contributed by atoms with Gasteiger partial charge >= 0.3 is 6.18 Å². The zero-order valence-electron chi connectivity index (χ0n) is 19.9. The number of anilines is 3. The van der Waals surface area contributed by atoms with Gasteiger partial charge in [-0.25, -0.2) is 9.97 Å². The second kappa shape index (κ2) is 10.00. The van der Waals surface area contributed by atoms with Gasteiger partial charge in [0.25, 0.3) is 0 Å². The number of fused-ring (bicyclic) bond motifs is 1. The number of halogens is 3. The van der Waals surface area contributed by atoms with E-state index in [4.69, 9.17) is 9.97 Å². The van der Waals surface area contributed by atoms with Gasteiger partial charge in [0.1, 0.15) is 5.82 Å². The first-order chi connectivity index (χ1) is 17.4. The molecule has 1 aliphatic rings. The molecule has 1 aromatic carbocycles. The molecule has 0 saturated carbocycles. The van der Waals surface area contributed by atoms with Crippen LogP contribution in [-0.4, -0.2) is 57.2 Å². The molecule has 3 aromatic heterocycles. The number of rotatable bonds is 7. The third-order valence-electron chi connectivity index (χ3n) is 6.16. The van der Waals surface area contributed by atoms with E-state index in [-0.39, 0.29) is 0 Å². The van der Waals surface area contributed by atoms with Crippen LogP contribution >= 0.6 is 0 Å². The van der Waals surface area contributed by atoms with Crippen LogP contribution in [0.5, 0.6) is 0 Å². The molecule has 5 rings (SSSR count). The maximum absolute atomic E-state index is 12.9. The van der Waals surface area contributed by atoms with Gasteiger partial charge in [0.15, 0.2) is 17.0 Å². The molecule has 188 valence electrons. The van der Waals surface area contributed by atoms with E-state index < -0.39 is 11.7 Å². The van der Waals surface area contributed by atoms with E-state index in [9.17, 15) is 13.2 Å². The predicted octanol–water partition coefficient (Wildman–Crippen LogP) is 4.44. The van der Waals surface area contributed by atoms with Gasteiger partial charge in [-0.1, -0.05) is 25.1 Å². The fraction of sp³-hybridized carbons (Fsp3) is 0.360. The highest BCUT2D eigenvalue weighted by atomic mass is 19.4. The topological polar surface area (TPSA) is 75.0 Å². The van der Waals surface area contributed by atoms with Crippen molar-refractivity contribution in [2.24, 2.45) is 0 Å². The maximum Gasteiger partial charge on any atom is 0.416 e. The lowest BCUT2D eigenvalue weighted by Gasteiger charge is -2.35. The lowest BCUT2D eigenvalue weighted by atomic mass is 10.1. The summed E-state index contributed by atoms with van der Waals surface area (Å²) in [6, 6.07) is 11.1. The summed E-state index contributed by atoms with van der Waals surface area (Å²) in [4.78, 5) is 23.0. The van der Waals surface area contributed by atoms with Gasteiger partial charge < -0.3 is 19.7 Å². The molecule has 1 aliphatic heterocycles. The lowest BCUT2D eigenvalue weighted by Crippen LogP contribution is -2.47.